The fourth-order valence-electron chi connectivity index (χ4n) is 3.58. The van der Waals surface area contributed by atoms with Gasteiger partial charge in [-0.2, -0.15) is 0 Å². The molecule has 0 unspecified atom stereocenters. The molecule has 2 heterocycles. The van der Waals surface area contributed by atoms with E-state index >= 15 is 0 Å². The van der Waals surface area contributed by atoms with Crippen LogP contribution >= 0.6 is 11.8 Å². The van der Waals surface area contributed by atoms with Crippen molar-refractivity contribution in [2.45, 2.75) is 5.03 Å². The van der Waals surface area contributed by atoms with Crippen molar-refractivity contribution in [3.8, 4) is 11.5 Å². The molecule has 1 N–H and O–H groups in total. The number of benzene rings is 2. The third-order valence-electron chi connectivity index (χ3n) is 5.39. The van der Waals surface area contributed by atoms with Gasteiger partial charge in [-0.25, -0.2) is 9.97 Å². The maximum atomic E-state index is 12.3. The summed E-state index contributed by atoms with van der Waals surface area (Å²) >= 11 is 1.40. The maximum absolute atomic E-state index is 12.3. The summed E-state index contributed by atoms with van der Waals surface area (Å²) in [5.74, 6) is 2.69. The first kappa shape index (κ1) is 22.7. The topological polar surface area (TPSA) is 79.8 Å². The molecule has 9 heteroatoms. The van der Waals surface area contributed by atoms with Crippen LogP contribution < -0.4 is 24.6 Å². The van der Waals surface area contributed by atoms with Gasteiger partial charge in [0.25, 0.3) is 0 Å². The summed E-state index contributed by atoms with van der Waals surface area (Å²) in [7, 11) is 3.29. The van der Waals surface area contributed by atoms with E-state index in [9.17, 15) is 4.79 Å². The Bertz CT molecular complexity index is 1050. The maximum Gasteiger partial charge on any atom is 0.234 e. The van der Waals surface area contributed by atoms with Crippen LogP contribution in [-0.4, -0.2) is 62.0 Å². The first-order valence-corrected chi connectivity index (χ1v) is 11.7. The number of hydrogen-bond donors (Lipinski definition) is 1. The van der Waals surface area contributed by atoms with Gasteiger partial charge in [-0.15, -0.1) is 0 Å². The number of carbonyl (C=O) groups is 1. The van der Waals surface area contributed by atoms with E-state index in [1.54, 1.807) is 20.5 Å². The van der Waals surface area contributed by atoms with Crippen LogP contribution in [0.1, 0.15) is 0 Å². The highest BCUT2D eigenvalue weighted by molar-refractivity contribution is 7.99. The van der Waals surface area contributed by atoms with Gasteiger partial charge in [0.05, 0.1) is 20.0 Å². The van der Waals surface area contributed by atoms with E-state index in [0.29, 0.717) is 0 Å². The largest absolute Gasteiger partial charge is 0.497 e. The van der Waals surface area contributed by atoms with Gasteiger partial charge in [-0.1, -0.05) is 11.8 Å². The fraction of sp³-hybridized carbons (Fsp3) is 0.292. The van der Waals surface area contributed by atoms with Crippen LogP contribution in [0.2, 0.25) is 0 Å². The lowest BCUT2D eigenvalue weighted by atomic mass is 10.2. The van der Waals surface area contributed by atoms with Gasteiger partial charge in [0.1, 0.15) is 28.7 Å². The van der Waals surface area contributed by atoms with E-state index in [4.69, 9.17) is 9.47 Å². The van der Waals surface area contributed by atoms with Gasteiger partial charge < -0.3 is 24.6 Å². The number of nitrogens with zero attached hydrogens (tertiary/aromatic N) is 4. The van der Waals surface area contributed by atoms with Gasteiger partial charge in [0.2, 0.25) is 5.91 Å². The summed E-state index contributed by atoms with van der Waals surface area (Å²) in [6, 6.07) is 17.4. The predicted octanol–water partition coefficient (Wildman–Crippen LogP) is 3.55. The number of ether oxygens (including phenoxy) is 2. The Morgan fingerprint density at radius 2 is 1.52 bits per heavy atom. The first-order valence-electron chi connectivity index (χ1n) is 10.7. The molecule has 1 amide bonds. The number of methoxy groups -OCH3 is 2. The average Bonchev–Trinajstić information content (AvgIpc) is 2.88. The Kier molecular flexibility index (Phi) is 7.51. The average molecular weight is 466 g/mol. The predicted molar refractivity (Wildman–Crippen MR) is 132 cm³/mol. The SMILES string of the molecule is COc1ccc(NC(=O)CSc2cc(N3CCN(c4ccc(OC)cc4)CC3)ncn2)cc1. The molecule has 2 aromatic carbocycles. The number of aromatic nitrogens is 2. The molecule has 0 radical (unpaired) electrons. The molecule has 1 fully saturated rings. The summed E-state index contributed by atoms with van der Waals surface area (Å²) in [4.78, 5) is 25.7. The summed E-state index contributed by atoms with van der Waals surface area (Å²) in [5, 5.41) is 3.67. The lowest BCUT2D eigenvalue weighted by Gasteiger charge is -2.36. The monoisotopic (exact) mass is 465 g/mol. The van der Waals surface area contributed by atoms with E-state index in [0.717, 1.165) is 54.2 Å². The highest BCUT2D eigenvalue weighted by Crippen LogP contribution is 2.24. The molecular weight excluding hydrogens is 438 g/mol. The molecule has 0 spiro atoms. The lowest BCUT2D eigenvalue weighted by molar-refractivity contribution is -0.113. The summed E-state index contributed by atoms with van der Waals surface area (Å²) in [5.41, 5.74) is 1.93. The number of carbonyl (C=O) groups excluding carboxylic acids is 1. The van der Waals surface area contributed by atoms with Crippen molar-refractivity contribution in [3.05, 3.63) is 60.9 Å². The number of anilines is 3. The van der Waals surface area contributed by atoms with Crippen molar-refractivity contribution in [3.63, 3.8) is 0 Å². The zero-order valence-electron chi connectivity index (χ0n) is 18.7. The zero-order chi connectivity index (χ0) is 23.0. The van der Waals surface area contributed by atoms with Crippen LogP contribution in [0.5, 0.6) is 11.5 Å². The van der Waals surface area contributed by atoms with E-state index < -0.39 is 0 Å². The smallest absolute Gasteiger partial charge is 0.234 e. The van der Waals surface area contributed by atoms with Crippen LogP contribution in [-0.2, 0) is 4.79 Å². The molecule has 8 nitrogen and oxygen atoms in total. The molecule has 172 valence electrons. The van der Waals surface area contributed by atoms with Crippen LogP contribution in [0.25, 0.3) is 0 Å². The Morgan fingerprint density at radius 1 is 0.909 bits per heavy atom. The summed E-state index contributed by atoms with van der Waals surface area (Å²) in [6.45, 7) is 3.54. The highest BCUT2D eigenvalue weighted by atomic mass is 32.2. The molecule has 0 bridgehead atoms. The van der Waals surface area contributed by atoms with Crippen LogP contribution in [0.4, 0.5) is 17.2 Å². The van der Waals surface area contributed by atoms with Crippen molar-refractivity contribution in [2.24, 2.45) is 0 Å². The molecule has 1 aliphatic heterocycles. The molecule has 33 heavy (non-hydrogen) atoms. The van der Waals surface area contributed by atoms with E-state index in [1.807, 2.05) is 42.5 Å². The van der Waals surface area contributed by atoms with E-state index in [1.165, 1.54) is 17.4 Å². The minimum absolute atomic E-state index is 0.0848. The van der Waals surface area contributed by atoms with Crippen LogP contribution in [0.15, 0.2) is 66.0 Å². The lowest BCUT2D eigenvalue weighted by Crippen LogP contribution is -2.46. The Balaban J connectivity index is 1.28. The standard InChI is InChI=1S/C24H27N5O3S/c1-31-20-7-3-18(4-8-20)27-23(30)16-33-24-15-22(25-17-26-24)29-13-11-28(12-14-29)19-5-9-21(32-2)10-6-19/h3-10,15,17H,11-14,16H2,1-2H3,(H,27,30). The first-order chi connectivity index (χ1) is 16.1. The Morgan fingerprint density at radius 3 is 2.15 bits per heavy atom. The number of nitrogens with one attached hydrogen (secondary N) is 1. The van der Waals surface area contributed by atoms with Crippen molar-refractivity contribution >= 4 is 34.9 Å². The molecule has 0 atom stereocenters. The van der Waals surface area contributed by atoms with Crippen LogP contribution in [0, 0.1) is 0 Å². The molecule has 0 aliphatic carbocycles. The van der Waals surface area contributed by atoms with Gasteiger partial charge in [0.15, 0.2) is 0 Å². The molecule has 3 aromatic rings. The molecule has 0 saturated carbocycles. The highest BCUT2D eigenvalue weighted by Gasteiger charge is 2.19. The number of rotatable bonds is 8. The number of piperazine rings is 1. The van der Waals surface area contributed by atoms with Gasteiger partial charge in [0, 0.05) is 43.6 Å². The molecule has 1 aromatic heterocycles. The third-order valence-corrected chi connectivity index (χ3v) is 6.32. The Hall–Kier alpha value is -3.46. The fourth-order valence-corrected chi connectivity index (χ4v) is 4.24. The minimum Gasteiger partial charge on any atom is -0.497 e. The van der Waals surface area contributed by atoms with Crippen molar-refractivity contribution in [1.29, 1.82) is 0 Å². The number of hydrogen-bond acceptors (Lipinski definition) is 8. The Labute approximate surface area is 197 Å². The second kappa shape index (κ2) is 10.9. The van der Waals surface area contributed by atoms with Crippen LogP contribution in [0.3, 0.4) is 0 Å². The molecule has 1 saturated heterocycles. The second-order valence-electron chi connectivity index (χ2n) is 7.45. The normalized spacial score (nSPS) is 13.5. The van der Waals surface area contributed by atoms with Crippen molar-refractivity contribution in [2.75, 3.05) is 61.3 Å². The summed E-state index contributed by atoms with van der Waals surface area (Å²) in [6.07, 6.45) is 1.56. The number of thioether (sulfide) groups is 1. The minimum atomic E-state index is -0.0848. The van der Waals surface area contributed by atoms with E-state index in [-0.39, 0.29) is 11.7 Å². The van der Waals surface area contributed by atoms with E-state index in [2.05, 4.69) is 37.2 Å². The second-order valence-corrected chi connectivity index (χ2v) is 8.45. The third kappa shape index (κ3) is 6.07. The molecule has 4 rings (SSSR count). The van der Waals surface area contributed by atoms with Gasteiger partial charge in [-0.05, 0) is 48.5 Å². The molecular formula is C24H27N5O3S. The summed E-state index contributed by atoms with van der Waals surface area (Å²) < 4.78 is 10.4. The van der Waals surface area contributed by atoms with Gasteiger partial charge >= 0.3 is 0 Å². The quantitative estimate of drug-likeness (QED) is 0.400. The zero-order valence-corrected chi connectivity index (χ0v) is 19.5. The van der Waals surface area contributed by atoms with Crippen molar-refractivity contribution in [1.82, 2.24) is 9.97 Å². The van der Waals surface area contributed by atoms with Gasteiger partial charge in [-0.3, -0.25) is 4.79 Å². The van der Waals surface area contributed by atoms with Crippen molar-refractivity contribution < 1.29 is 14.3 Å². The number of amides is 1. The molecule has 1 aliphatic rings.